The number of carbonyl (C=O) groups excluding carboxylic acids is 4. The third kappa shape index (κ3) is 8.45. The van der Waals surface area contributed by atoms with Gasteiger partial charge >= 0.3 is 0 Å². The number of hydrogen-bond acceptors (Lipinski definition) is 9. The molecule has 2 aliphatic carbocycles. The van der Waals surface area contributed by atoms with Gasteiger partial charge in [0.15, 0.2) is 28.2 Å². The summed E-state index contributed by atoms with van der Waals surface area (Å²) in [5.74, 6) is -0.153. The number of unbranched alkanes of at least 4 members (excludes halogenated alkanes) is 2. The average Bonchev–Trinajstić information content (AvgIpc) is 3.96. The summed E-state index contributed by atoms with van der Waals surface area (Å²) in [5, 5.41) is 8.86. The summed E-state index contributed by atoms with van der Waals surface area (Å²) in [7, 11) is 1.52. The minimum Gasteiger partial charge on any atom is -0.493 e. The van der Waals surface area contributed by atoms with Crippen molar-refractivity contribution in [2.45, 2.75) is 57.9 Å². The first-order valence-electron chi connectivity index (χ1n) is 15.3. The second kappa shape index (κ2) is 14.8. The zero-order valence-electron chi connectivity index (χ0n) is 25.8. The number of hydrogen-bond donors (Lipinski definition) is 3. The topological polar surface area (TPSA) is 145 Å². The molecule has 3 amide bonds. The van der Waals surface area contributed by atoms with Crippen LogP contribution >= 0.6 is 11.8 Å². The Labute approximate surface area is 270 Å². The van der Waals surface area contributed by atoms with Gasteiger partial charge in [-0.2, -0.15) is 0 Å². The Balaban J connectivity index is 1.16. The van der Waals surface area contributed by atoms with Gasteiger partial charge in [0, 0.05) is 48.9 Å². The van der Waals surface area contributed by atoms with E-state index in [1.54, 1.807) is 24.4 Å². The van der Waals surface area contributed by atoms with Gasteiger partial charge in [-0.05, 0) is 69.2 Å². The zero-order chi connectivity index (χ0) is 32.7. The number of anilines is 1. The van der Waals surface area contributed by atoms with E-state index in [0.717, 1.165) is 43.9 Å². The van der Waals surface area contributed by atoms with Gasteiger partial charge in [0.25, 0.3) is 0 Å². The van der Waals surface area contributed by atoms with Crippen LogP contribution in [0.3, 0.4) is 0 Å². The summed E-state index contributed by atoms with van der Waals surface area (Å²) in [6, 6.07) is 9.34. The quantitative estimate of drug-likeness (QED) is 0.142. The van der Waals surface area contributed by atoms with Gasteiger partial charge in [-0.25, -0.2) is 4.39 Å². The van der Waals surface area contributed by atoms with Gasteiger partial charge < -0.3 is 30.2 Å². The van der Waals surface area contributed by atoms with Crippen LogP contribution in [0.2, 0.25) is 0 Å². The van der Waals surface area contributed by atoms with Gasteiger partial charge in [-0.15, -0.1) is 0 Å². The molecular formula is C33H37FN4O7S. The fourth-order valence-corrected chi connectivity index (χ4v) is 5.22. The molecule has 1 aromatic heterocycles. The van der Waals surface area contributed by atoms with E-state index < -0.39 is 17.1 Å². The van der Waals surface area contributed by atoms with Crippen molar-refractivity contribution in [3.8, 4) is 23.0 Å². The van der Waals surface area contributed by atoms with Crippen LogP contribution in [-0.2, 0) is 19.2 Å². The smallest absolute Gasteiger partial charge is 0.240 e. The standard InChI is InChI=1S/C33H37FN4O7S/c1-20(39)46-19-30(40)36-13-4-3-5-15-44-29-18-25-23(17-28(29)43-2)26(10-14-35-25)45-27-9-8-22(16-24(27)34)38-32(42)33(11-12-33)31(41)37-21-6-7-21/h8-10,14,16-18,21H,3-7,11-13,15,19H2,1-2H3,(H,36,40)(H,37,41)(H,38,42). The molecule has 2 fully saturated rings. The molecule has 1 heterocycles. The summed E-state index contributed by atoms with van der Waals surface area (Å²) < 4.78 is 32.6. The van der Waals surface area contributed by atoms with Crippen molar-refractivity contribution in [3.63, 3.8) is 0 Å². The Morgan fingerprint density at radius 1 is 0.978 bits per heavy atom. The summed E-state index contributed by atoms with van der Waals surface area (Å²) in [6.45, 7) is 2.38. The van der Waals surface area contributed by atoms with Gasteiger partial charge in [-0.3, -0.25) is 24.2 Å². The van der Waals surface area contributed by atoms with E-state index in [-0.39, 0.29) is 40.2 Å². The number of nitrogens with one attached hydrogen (secondary N) is 3. The number of benzene rings is 2. The van der Waals surface area contributed by atoms with Crippen LogP contribution in [0, 0.1) is 11.2 Å². The van der Waals surface area contributed by atoms with Crippen LogP contribution < -0.4 is 30.2 Å². The highest BCUT2D eigenvalue weighted by Crippen LogP contribution is 2.47. The molecule has 0 bridgehead atoms. The number of amides is 3. The lowest BCUT2D eigenvalue weighted by Crippen LogP contribution is -2.40. The van der Waals surface area contributed by atoms with E-state index in [4.69, 9.17) is 14.2 Å². The molecule has 0 unspecified atom stereocenters. The van der Waals surface area contributed by atoms with E-state index in [0.29, 0.717) is 54.1 Å². The molecule has 0 spiro atoms. The predicted octanol–water partition coefficient (Wildman–Crippen LogP) is 5.12. The summed E-state index contributed by atoms with van der Waals surface area (Å²) in [4.78, 5) is 52.5. The van der Waals surface area contributed by atoms with Crippen molar-refractivity contribution in [2.24, 2.45) is 5.41 Å². The molecule has 46 heavy (non-hydrogen) atoms. The fourth-order valence-electron chi connectivity index (χ4n) is 4.79. The molecular weight excluding hydrogens is 615 g/mol. The molecule has 0 saturated heterocycles. The fraction of sp³-hybridized carbons (Fsp3) is 0.424. The van der Waals surface area contributed by atoms with Crippen molar-refractivity contribution in [1.82, 2.24) is 15.6 Å². The molecule has 11 nitrogen and oxygen atoms in total. The second-order valence-corrected chi connectivity index (χ2v) is 12.6. The molecule has 3 aromatic rings. The lowest BCUT2D eigenvalue weighted by molar-refractivity contribution is -0.134. The Hall–Kier alpha value is -4.39. The number of thioether (sulfide) groups is 1. The Morgan fingerprint density at radius 2 is 1.78 bits per heavy atom. The van der Waals surface area contributed by atoms with Gasteiger partial charge in [0.2, 0.25) is 17.7 Å². The number of carbonyl (C=O) groups is 4. The van der Waals surface area contributed by atoms with E-state index in [1.807, 2.05) is 0 Å². The minimum atomic E-state index is -1.08. The lowest BCUT2D eigenvalue weighted by Gasteiger charge is -2.16. The highest BCUT2D eigenvalue weighted by Gasteiger charge is 2.57. The number of nitrogens with zero attached hydrogens (tertiary/aromatic N) is 1. The minimum absolute atomic E-state index is 0.0498. The largest absolute Gasteiger partial charge is 0.493 e. The maximum Gasteiger partial charge on any atom is 0.240 e. The second-order valence-electron chi connectivity index (χ2n) is 11.4. The molecule has 0 radical (unpaired) electrons. The molecule has 0 aliphatic heterocycles. The van der Waals surface area contributed by atoms with E-state index in [2.05, 4.69) is 20.9 Å². The molecule has 13 heteroatoms. The maximum atomic E-state index is 15.2. The van der Waals surface area contributed by atoms with Crippen molar-refractivity contribution in [3.05, 3.63) is 48.4 Å². The van der Waals surface area contributed by atoms with Crippen LogP contribution in [0.1, 0.15) is 51.9 Å². The van der Waals surface area contributed by atoms with Crippen LogP contribution in [0.15, 0.2) is 42.6 Å². The van der Waals surface area contributed by atoms with Gasteiger partial charge in [-0.1, -0.05) is 11.8 Å². The normalized spacial score (nSPS) is 14.7. The number of aromatic nitrogens is 1. The zero-order valence-corrected chi connectivity index (χ0v) is 26.6. The third-order valence-electron chi connectivity index (χ3n) is 7.74. The number of pyridine rings is 1. The first-order chi connectivity index (χ1) is 22.2. The van der Waals surface area contributed by atoms with Crippen molar-refractivity contribution < 1.29 is 37.8 Å². The Morgan fingerprint density at radius 3 is 2.48 bits per heavy atom. The van der Waals surface area contributed by atoms with Gasteiger partial charge in [0.1, 0.15) is 11.2 Å². The molecule has 5 rings (SSSR count). The van der Waals surface area contributed by atoms with Crippen LogP contribution in [-0.4, -0.2) is 59.9 Å². The van der Waals surface area contributed by atoms with Crippen LogP contribution in [0.4, 0.5) is 10.1 Å². The highest BCUT2D eigenvalue weighted by molar-refractivity contribution is 8.14. The molecule has 2 saturated carbocycles. The molecule has 2 aromatic carbocycles. The summed E-state index contributed by atoms with van der Waals surface area (Å²) in [5.41, 5.74) is -0.290. The first-order valence-corrected chi connectivity index (χ1v) is 16.3. The number of rotatable bonds is 16. The van der Waals surface area contributed by atoms with E-state index in [9.17, 15) is 19.2 Å². The van der Waals surface area contributed by atoms with E-state index in [1.165, 1.54) is 32.2 Å². The maximum absolute atomic E-state index is 15.2. The van der Waals surface area contributed by atoms with Crippen molar-refractivity contribution >= 4 is 51.2 Å². The summed E-state index contributed by atoms with van der Waals surface area (Å²) >= 11 is 0.987. The summed E-state index contributed by atoms with van der Waals surface area (Å²) in [6.07, 6.45) is 6.71. The van der Waals surface area contributed by atoms with Crippen LogP contribution in [0.25, 0.3) is 10.9 Å². The van der Waals surface area contributed by atoms with Crippen molar-refractivity contribution in [2.75, 3.05) is 31.3 Å². The SMILES string of the molecule is COc1cc2c(Oc3ccc(NC(=O)C4(C(=O)NC5CC5)CC4)cc3F)ccnc2cc1OCCCCCNC(=O)CSC(C)=O. The Bertz CT molecular complexity index is 1630. The molecule has 0 atom stereocenters. The van der Waals surface area contributed by atoms with Crippen LogP contribution in [0.5, 0.6) is 23.0 Å². The van der Waals surface area contributed by atoms with Crippen molar-refractivity contribution in [1.29, 1.82) is 0 Å². The monoisotopic (exact) mass is 652 g/mol. The molecule has 244 valence electrons. The third-order valence-corrected chi connectivity index (χ3v) is 8.55. The van der Waals surface area contributed by atoms with Gasteiger partial charge in [0.05, 0.1) is 25.0 Å². The predicted molar refractivity (Wildman–Crippen MR) is 172 cm³/mol. The first kappa shape index (κ1) is 33.0. The number of halogens is 1. The van der Waals surface area contributed by atoms with E-state index >= 15 is 4.39 Å². The lowest BCUT2D eigenvalue weighted by atomic mass is 10.0. The number of ether oxygens (including phenoxy) is 3. The number of methoxy groups -OCH3 is 1. The molecule has 2 aliphatic rings. The molecule has 3 N–H and O–H groups in total. The highest BCUT2D eigenvalue weighted by atomic mass is 32.2. The average molecular weight is 653 g/mol. The number of fused-ring (bicyclic) bond motifs is 1. The Kier molecular flexibility index (Phi) is 10.6.